The van der Waals surface area contributed by atoms with Crippen molar-refractivity contribution in [2.45, 2.75) is 31.1 Å². The molecule has 1 aliphatic rings. The van der Waals surface area contributed by atoms with Crippen LogP contribution in [-0.2, 0) is 9.84 Å². The van der Waals surface area contributed by atoms with Crippen LogP contribution < -0.4 is 0 Å². The summed E-state index contributed by atoms with van der Waals surface area (Å²) in [5, 5.41) is 8.81. The van der Waals surface area contributed by atoms with Crippen molar-refractivity contribution in [3.63, 3.8) is 0 Å². The molecule has 0 saturated heterocycles. The predicted molar refractivity (Wildman–Crippen MR) is 43.0 cm³/mol. The van der Waals surface area contributed by atoms with E-state index in [9.17, 15) is 13.5 Å². The van der Waals surface area contributed by atoms with Gasteiger partial charge < -0.3 is 5.11 Å². The third-order valence-corrected chi connectivity index (χ3v) is 3.89. The first-order valence-corrected chi connectivity index (χ1v) is 5.75. The number of aliphatic hydroxyl groups excluding tert-OH is 1. The van der Waals surface area contributed by atoms with Gasteiger partial charge in [-0.2, -0.15) is 0 Å². The van der Waals surface area contributed by atoms with Gasteiger partial charge in [0.25, 0.3) is 0 Å². The number of hydrogen-bond acceptors (Lipinski definition) is 3. The molecule has 0 bridgehead atoms. The van der Waals surface area contributed by atoms with Crippen LogP contribution in [0.2, 0.25) is 0 Å². The molecule has 0 aromatic heterocycles. The topological polar surface area (TPSA) is 54.4 Å². The summed E-state index contributed by atoms with van der Waals surface area (Å²) >= 11 is 0. The molecule has 1 saturated carbocycles. The van der Waals surface area contributed by atoms with Gasteiger partial charge in [-0.05, 0) is 25.7 Å². The van der Waals surface area contributed by atoms with Crippen LogP contribution in [0.1, 0.15) is 19.8 Å². The third kappa shape index (κ3) is 2.17. The van der Waals surface area contributed by atoms with E-state index in [1.165, 1.54) is 6.26 Å². The van der Waals surface area contributed by atoms with E-state index in [0.717, 1.165) is 12.8 Å². The second kappa shape index (κ2) is 2.75. The molecular weight excluding hydrogens is 164 g/mol. The van der Waals surface area contributed by atoms with E-state index in [1.807, 2.05) is 0 Å². The normalized spacial score (nSPS) is 24.6. The Morgan fingerprint density at radius 3 is 2.18 bits per heavy atom. The average Bonchev–Trinajstić information content (AvgIpc) is 2.63. The molecule has 1 fully saturated rings. The van der Waals surface area contributed by atoms with Gasteiger partial charge in [-0.15, -0.1) is 0 Å². The summed E-state index contributed by atoms with van der Waals surface area (Å²) in [6, 6.07) is 0. The minimum atomic E-state index is -3.06. The monoisotopic (exact) mass is 178 g/mol. The van der Waals surface area contributed by atoms with Gasteiger partial charge in [-0.3, -0.25) is 0 Å². The van der Waals surface area contributed by atoms with E-state index >= 15 is 0 Å². The smallest absolute Gasteiger partial charge is 0.152 e. The van der Waals surface area contributed by atoms with Gasteiger partial charge in [-0.25, -0.2) is 8.42 Å². The van der Waals surface area contributed by atoms with Crippen molar-refractivity contribution in [1.29, 1.82) is 0 Å². The van der Waals surface area contributed by atoms with Crippen molar-refractivity contribution in [1.82, 2.24) is 0 Å². The van der Waals surface area contributed by atoms with Gasteiger partial charge in [0.2, 0.25) is 0 Å². The van der Waals surface area contributed by atoms with E-state index in [2.05, 4.69) is 0 Å². The second-order valence-electron chi connectivity index (χ2n) is 3.36. The molecule has 66 valence electrons. The summed E-state index contributed by atoms with van der Waals surface area (Å²) < 4.78 is 21.9. The fraction of sp³-hybridized carbons (Fsp3) is 1.00. The molecule has 0 spiro atoms. The molecule has 4 heteroatoms. The zero-order valence-corrected chi connectivity index (χ0v) is 7.63. The molecule has 3 nitrogen and oxygen atoms in total. The minimum Gasteiger partial charge on any atom is -0.392 e. The largest absolute Gasteiger partial charge is 0.392 e. The van der Waals surface area contributed by atoms with Crippen LogP contribution >= 0.6 is 0 Å². The molecular formula is C7H14O3S. The Kier molecular flexibility index (Phi) is 2.25. The highest BCUT2D eigenvalue weighted by molar-refractivity contribution is 7.91. The molecule has 0 heterocycles. The van der Waals surface area contributed by atoms with Gasteiger partial charge in [0.05, 0.1) is 11.4 Å². The van der Waals surface area contributed by atoms with Crippen LogP contribution in [0, 0.1) is 5.92 Å². The Balaban J connectivity index is 2.59. The zero-order chi connectivity index (χ0) is 8.65. The maximum atomic E-state index is 10.9. The van der Waals surface area contributed by atoms with Gasteiger partial charge in [0, 0.05) is 6.26 Å². The maximum absolute atomic E-state index is 10.9. The molecule has 1 rings (SSSR count). The SMILES string of the molecule is C[C@H]([C@H](O)C1CC1)S(C)(=O)=O. The van der Waals surface area contributed by atoms with Crippen molar-refractivity contribution in [2.75, 3.05) is 6.26 Å². The van der Waals surface area contributed by atoms with Gasteiger partial charge >= 0.3 is 0 Å². The van der Waals surface area contributed by atoms with Crippen molar-refractivity contribution in [3.05, 3.63) is 0 Å². The first kappa shape index (κ1) is 9.00. The number of hydrogen-bond donors (Lipinski definition) is 1. The first-order valence-electron chi connectivity index (χ1n) is 3.80. The lowest BCUT2D eigenvalue weighted by atomic mass is 10.2. The standard InChI is InChI=1S/C7H14O3S/c1-5(11(2,9)10)7(8)6-3-4-6/h5-8H,3-4H2,1-2H3/t5-,7+/m1/s1. The fourth-order valence-corrected chi connectivity index (χ4v) is 1.80. The average molecular weight is 178 g/mol. The highest BCUT2D eigenvalue weighted by Gasteiger charge is 2.37. The lowest BCUT2D eigenvalue weighted by molar-refractivity contribution is 0.150. The van der Waals surface area contributed by atoms with Crippen LogP contribution in [0.25, 0.3) is 0 Å². The summed E-state index contributed by atoms with van der Waals surface area (Å²) in [5.74, 6) is 0.236. The molecule has 0 unspecified atom stereocenters. The lowest BCUT2D eigenvalue weighted by Gasteiger charge is -2.15. The molecule has 11 heavy (non-hydrogen) atoms. The van der Waals surface area contributed by atoms with Crippen LogP contribution in [0.15, 0.2) is 0 Å². The van der Waals surface area contributed by atoms with Crippen LogP contribution in [-0.4, -0.2) is 31.1 Å². The summed E-state index contributed by atoms with van der Waals surface area (Å²) in [7, 11) is -3.06. The highest BCUT2D eigenvalue weighted by atomic mass is 32.2. The van der Waals surface area contributed by atoms with Crippen molar-refractivity contribution < 1.29 is 13.5 Å². The van der Waals surface area contributed by atoms with E-state index in [-0.39, 0.29) is 5.92 Å². The van der Waals surface area contributed by atoms with E-state index in [0.29, 0.717) is 0 Å². The molecule has 0 amide bonds. The molecule has 2 atom stereocenters. The highest BCUT2D eigenvalue weighted by Crippen LogP contribution is 2.35. The molecule has 1 aliphatic carbocycles. The summed E-state index contributed by atoms with van der Waals surface area (Å²) in [6.45, 7) is 1.57. The van der Waals surface area contributed by atoms with Crippen molar-refractivity contribution >= 4 is 9.84 Å². The summed E-state index contributed by atoms with van der Waals surface area (Å²) in [5.41, 5.74) is 0. The molecule has 0 aliphatic heterocycles. The Bertz CT molecular complexity index is 228. The van der Waals surface area contributed by atoms with Gasteiger partial charge in [0.1, 0.15) is 0 Å². The zero-order valence-electron chi connectivity index (χ0n) is 6.82. The van der Waals surface area contributed by atoms with Crippen LogP contribution in [0.4, 0.5) is 0 Å². The predicted octanol–water partition coefficient (Wildman–Crippen LogP) is 0.190. The van der Waals surface area contributed by atoms with Crippen LogP contribution in [0.5, 0.6) is 0 Å². The van der Waals surface area contributed by atoms with Gasteiger partial charge in [-0.1, -0.05) is 0 Å². The Labute approximate surface area is 67.3 Å². The van der Waals surface area contributed by atoms with Crippen molar-refractivity contribution in [2.24, 2.45) is 5.92 Å². The Morgan fingerprint density at radius 2 is 1.91 bits per heavy atom. The van der Waals surface area contributed by atoms with Crippen LogP contribution in [0.3, 0.4) is 0 Å². The summed E-state index contributed by atoms with van der Waals surface area (Å²) in [6.07, 6.45) is 2.47. The summed E-state index contributed by atoms with van der Waals surface area (Å²) in [4.78, 5) is 0. The number of rotatable bonds is 3. The third-order valence-electron chi connectivity index (χ3n) is 2.26. The minimum absolute atomic E-state index is 0.236. The van der Waals surface area contributed by atoms with E-state index in [4.69, 9.17) is 0 Å². The fourth-order valence-electron chi connectivity index (χ4n) is 1.07. The molecule has 1 N–H and O–H groups in total. The second-order valence-corrected chi connectivity index (χ2v) is 5.77. The quantitative estimate of drug-likeness (QED) is 0.671. The van der Waals surface area contributed by atoms with E-state index < -0.39 is 21.2 Å². The first-order chi connectivity index (χ1) is 4.93. The number of aliphatic hydroxyl groups is 1. The molecule has 0 radical (unpaired) electrons. The lowest BCUT2D eigenvalue weighted by Crippen LogP contribution is -2.32. The van der Waals surface area contributed by atoms with Crippen molar-refractivity contribution in [3.8, 4) is 0 Å². The number of sulfone groups is 1. The molecule has 0 aromatic rings. The Morgan fingerprint density at radius 1 is 1.45 bits per heavy atom. The molecule has 0 aromatic carbocycles. The van der Waals surface area contributed by atoms with E-state index in [1.54, 1.807) is 6.92 Å². The maximum Gasteiger partial charge on any atom is 0.152 e. The Hall–Kier alpha value is -0.0900. The van der Waals surface area contributed by atoms with Gasteiger partial charge in [0.15, 0.2) is 9.84 Å².